The summed E-state index contributed by atoms with van der Waals surface area (Å²) in [6.07, 6.45) is 0.388. The van der Waals surface area contributed by atoms with Gasteiger partial charge in [0.1, 0.15) is 17.3 Å². The summed E-state index contributed by atoms with van der Waals surface area (Å²) in [5.41, 5.74) is -0.363. The number of nitrogens with zero attached hydrogens (tertiary/aromatic N) is 1. The van der Waals surface area contributed by atoms with Gasteiger partial charge < -0.3 is 10.2 Å². The third-order valence-corrected chi connectivity index (χ3v) is 5.28. The lowest BCUT2D eigenvalue weighted by atomic mass is 10.2. The number of para-hydroxylation sites is 1. The SMILES string of the molecule is CN(C(=O)CNc1c(F)cccc1F)C1CCS(=O)(=O)C1. The minimum absolute atomic E-state index is 0.0602. The van der Waals surface area contributed by atoms with Gasteiger partial charge in [-0.25, -0.2) is 17.2 Å². The van der Waals surface area contributed by atoms with Crippen molar-refractivity contribution in [3.63, 3.8) is 0 Å². The largest absolute Gasteiger partial charge is 0.371 e. The standard InChI is InChI=1S/C13H16F2N2O3S/c1-17(9-5-6-21(19,20)8-9)12(18)7-16-13-10(14)3-2-4-11(13)15/h2-4,9,16H,5-8H2,1H3. The Hall–Kier alpha value is -1.70. The lowest BCUT2D eigenvalue weighted by molar-refractivity contribution is -0.129. The number of sulfone groups is 1. The molecule has 1 unspecified atom stereocenters. The number of amides is 1. The van der Waals surface area contributed by atoms with Crippen molar-refractivity contribution in [2.45, 2.75) is 12.5 Å². The molecule has 1 aliphatic rings. The molecule has 0 bridgehead atoms. The molecule has 0 aromatic heterocycles. The molecule has 1 saturated heterocycles. The number of halogens is 2. The second-order valence-corrected chi connectivity index (χ2v) is 7.24. The van der Waals surface area contributed by atoms with Crippen molar-refractivity contribution in [3.8, 4) is 0 Å². The summed E-state index contributed by atoms with van der Waals surface area (Å²) in [6, 6.07) is 3.02. The number of anilines is 1. The van der Waals surface area contributed by atoms with Gasteiger partial charge in [0, 0.05) is 13.1 Å². The van der Waals surface area contributed by atoms with Crippen LogP contribution in [0, 0.1) is 11.6 Å². The van der Waals surface area contributed by atoms with E-state index in [0.29, 0.717) is 6.42 Å². The Bertz CT molecular complexity index is 629. The molecule has 0 spiro atoms. The van der Waals surface area contributed by atoms with Crippen LogP contribution >= 0.6 is 0 Å². The summed E-state index contributed by atoms with van der Waals surface area (Å²) in [7, 11) is -1.60. The smallest absolute Gasteiger partial charge is 0.241 e. The van der Waals surface area contributed by atoms with Crippen LogP contribution in [-0.4, -0.2) is 50.4 Å². The van der Waals surface area contributed by atoms with Crippen molar-refractivity contribution in [3.05, 3.63) is 29.8 Å². The van der Waals surface area contributed by atoms with Crippen molar-refractivity contribution in [2.75, 3.05) is 30.4 Å². The Balaban J connectivity index is 1.96. The first-order valence-corrected chi connectivity index (χ1v) is 8.26. The van der Waals surface area contributed by atoms with Gasteiger partial charge in [0.25, 0.3) is 0 Å². The number of carbonyl (C=O) groups excluding carboxylic acids is 1. The summed E-state index contributed by atoms with van der Waals surface area (Å²) in [5, 5.41) is 2.42. The van der Waals surface area contributed by atoms with Gasteiger partial charge in [-0.2, -0.15) is 0 Å². The highest BCUT2D eigenvalue weighted by atomic mass is 32.2. The topological polar surface area (TPSA) is 66.5 Å². The molecule has 0 aliphatic carbocycles. The van der Waals surface area contributed by atoms with Gasteiger partial charge in [-0.1, -0.05) is 6.07 Å². The monoisotopic (exact) mass is 318 g/mol. The van der Waals surface area contributed by atoms with Crippen LogP contribution < -0.4 is 5.32 Å². The highest BCUT2D eigenvalue weighted by molar-refractivity contribution is 7.91. The molecule has 1 aromatic carbocycles. The molecule has 1 aromatic rings. The van der Waals surface area contributed by atoms with E-state index in [2.05, 4.69) is 5.32 Å². The summed E-state index contributed by atoms with van der Waals surface area (Å²) >= 11 is 0. The van der Waals surface area contributed by atoms with E-state index in [1.165, 1.54) is 18.0 Å². The Morgan fingerprint density at radius 1 is 1.38 bits per heavy atom. The summed E-state index contributed by atoms with van der Waals surface area (Å²) < 4.78 is 49.6. The molecule has 8 heteroatoms. The summed E-state index contributed by atoms with van der Waals surface area (Å²) in [5.74, 6) is -1.99. The molecule has 0 radical (unpaired) electrons. The first-order valence-electron chi connectivity index (χ1n) is 6.44. The zero-order valence-electron chi connectivity index (χ0n) is 11.5. The van der Waals surface area contributed by atoms with Crippen LogP contribution in [0.2, 0.25) is 0 Å². The molecule has 1 amide bonds. The first-order chi connectivity index (χ1) is 9.80. The number of nitrogens with one attached hydrogen (secondary N) is 1. The lowest BCUT2D eigenvalue weighted by Gasteiger charge is -2.23. The van der Waals surface area contributed by atoms with Crippen molar-refractivity contribution < 1.29 is 22.0 Å². The normalized spacial score (nSPS) is 20.2. The Morgan fingerprint density at radius 2 is 2.00 bits per heavy atom. The molecule has 1 atom stereocenters. The fourth-order valence-corrected chi connectivity index (χ4v) is 4.01. The zero-order valence-corrected chi connectivity index (χ0v) is 12.3. The van der Waals surface area contributed by atoms with Crippen LogP contribution in [0.5, 0.6) is 0 Å². The minimum atomic E-state index is -3.09. The molecular formula is C13H16F2N2O3S. The maximum atomic E-state index is 13.4. The van der Waals surface area contributed by atoms with E-state index in [9.17, 15) is 22.0 Å². The van der Waals surface area contributed by atoms with E-state index in [1.807, 2.05) is 0 Å². The minimum Gasteiger partial charge on any atom is -0.371 e. The molecule has 1 N–H and O–H groups in total. The number of carbonyl (C=O) groups is 1. The zero-order chi connectivity index (χ0) is 15.6. The Kier molecular flexibility index (Phi) is 4.46. The van der Waals surface area contributed by atoms with Gasteiger partial charge in [-0.05, 0) is 18.6 Å². The second-order valence-electron chi connectivity index (χ2n) is 5.01. The molecule has 21 heavy (non-hydrogen) atoms. The van der Waals surface area contributed by atoms with Crippen molar-refractivity contribution in [2.24, 2.45) is 0 Å². The Morgan fingerprint density at radius 3 is 2.52 bits per heavy atom. The van der Waals surface area contributed by atoms with Gasteiger partial charge in [0.05, 0.1) is 18.1 Å². The van der Waals surface area contributed by atoms with Crippen LogP contribution in [0.1, 0.15) is 6.42 Å². The third-order valence-electron chi connectivity index (χ3n) is 3.53. The predicted molar refractivity (Wildman–Crippen MR) is 74.7 cm³/mol. The molecule has 0 saturated carbocycles. The molecule has 1 heterocycles. The first kappa shape index (κ1) is 15.7. The average molecular weight is 318 g/mol. The predicted octanol–water partition coefficient (Wildman–Crippen LogP) is 1.02. The maximum Gasteiger partial charge on any atom is 0.241 e. The van der Waals surface area contributed by atoms with E-state index in [4.69, 9.17) is 0 Å². The van der Waals surface area contributed by atoms with E-state index < -0.39 is 27.4 Å². The van der Waals surface area contributed by atoms with Gasteiger partial charge in [-0.3, -0.25) is 4.79 Å². The molecule has 2 rings (SSSR count). The van der Waals surface area contributed by atoms with Crippen LogP contribution in [0.3, 0.4) is 0 Å². The summed E-state index contributed by atoms with van der Waals surface area (Å²) in [6.45, 7) is -0.301. The van der Waals surface area contributed by atoms with Crippen LogP contribution in [0.15, 0.2) is 18.2 Å². The highest BCUT2D eigenvalue weighted by Crippen LogP contribution is 2.19. The Labute approximate surface area is 121 Å². The summed E-state index contributed by atoms with van der Waals surface area (Å²) in [4.78, 5) is 13.3. The van der Waals surface area contributed by atoms with E-state index in [0.717, 1.165) is 12.1 Å². The number of hydrogen-bond donors (Lipinski definition) is 1. The lowest BCUT2D eigenvalue weighted by Crippen LogP contribution is -2.41. The molecule has 5 nitrogen and oxygen atoms in total. The third kappa shape index (κ3) is 3.69. The van der Waals surface area contributed by atoms with Gasteiger partial charge in [-0.15, -0.1) is 0 Å². The fourth-order valence-electron chi connectivity index (χ4n) is 2.24. The maximum absolute atomic E-state index is 13.4. The van der Waals surface area contributed by atoms with Crippen LogP contribution in [0.4, 0.5) is 14.5 Å². The molecule has 116 valence electrons. The van der Waals surface area contributed by atoms with E-state index >= 15 is 0 Å². The van der Waals surface area contributed by atoms with Crippen molar-refractivity contribution >= 4 is 21.4 Å². The van der Waals surface area contributed by atoms with E-state index in [-0.39, 0.29) is 29.8 Å². The molecular weight excluding hydrogens is 302 g/mol. The second kappa shape index (κ2) is 5.97. The van der Waals surface area contributed by atoms with E-state index in [1.54, 1.807) is 0 Å². The van der Waals surface area contributed by atoms with Gasteiger partial charge >= 0.3 is 0 Å². The van der Waals surface area contributed by atoms with Gasteiger partial charge in [0.2, 0.25) is 5.91 Å². The van der Waals surface area contributed by atoms with Gasteiger partial charge in [0.15, 0.2) is 9.84 Å². The van der Waals surface area contributed by atoms with Crippen molar-refractivity contribution in [1.82, 2.24) is 4.90 Å². The van der Waals surface area contributed by atoms with Crippen LogP contribution in [-0.2, 0) is 14.6 Å². The quantitative estimate of drug-likeness (QED) is 0.900. The van der Waals surface area contributed by atoms with Crippen LogP contribution in [0.25, 0.3) is 0 Å². The number of rotatable bonds is 4. The average Bonchev–Trinajstić information content (AvgIpc) is 2.77. The number of hydrogen-bond acceptors (Lipinski definition) is 4. The number of likely N-dealkylation sites (N-methyl/N-ethyl adjacent to an activating group) is 1. The fraction of sp³-hybridized carbons (Fsp3) is 0.462. The molecule has 1 aliphatic heterocycles. The highest BCUT2D eigenvalue weighted by Gasteiger charge is 2.32. The van der Waals surface area contributed by atoms with Crippen molar-refractivity contribution in [1.29, 1.82) is 0 Å². The molecule has 1 fully saturated rings. The number of benzene rings is 1.